The summed E-state index contributed by atoms with van der Waals surface area (Å²) >= 11 is 0. The third kappa shape index (κ3) is 2.35. The summed E-state index contributed by atoms with van der Waals surface area (Å²) in [6, 6.07) is 12.0. The topological polar surface area (TPSA) is 75.9 Å². The predicted octanol–water partition coefficient (Wildman–Crippen LogP) is 3.71. The maximum atomic E-state index is 12.0. The molecule has 0 aliphatic rings. The van der Waals surface area contributed by atoms with E-state index in [1.54, 1.807) is 0 Å². The molecule has 2 rings (SSSR count). The predicted molar refractivity (Wildman–Crippen MR) is 67.2 cm³/mol. The molecule has 0 aromatic heterocycles. The average Bonchev–Trinajstić information content (AvgIpc) is 2.47. The second-order valence-corrected chi connectivity index (χ2v) is 3.61. The van der Waals surface area contributed by atoms with Crippen molar-refractivity contribution >= 4 is 17.2 Å². The van der Waals surface area contributed by atoms with Gasteiger partial charge in [-0.25, -0.2) is 0 Å². The monoisotopic (exact) mass is 240 g/mol. The summed E-state index contributed by atoms with van der Waals surface area (Å²) in [5, 5.41) is 5.52. The third-order valence-electron chi connectivity index (χ3n) is 2.47. The standard InChI is InChI=1S/C13H8N2O3/c16-13(9-1-5-11(14-17)6-2-9)10-3-7-12(15-18)8-4-10/h1-8H. The van der Waals surface area contributed by atoms with Gasteiger partial charge in [0.15, 0.2) is 5.78 Å². The van der Waals surface area contributed by atoms with E-state index in [0.29, 0.717) is 11.1 Å². The van der Waals surface area contributed by atoms with Gasteiger partial charge in [-0.1, -0.05) is 0 Å². The third-order valence-corrected chi connectivity index (χ3v) is 2.47. The number of carbonyl (C=O) groups excluding carboxylic acids is 1. The molecule has 0 atom stereocenters. The van der Waals surface area contributed by atoms with E-state index in [4.69, 9.17) is 0 Å². The lowest BCUT2D eigenvalue weighted by Crippen LogP contribution is -2.00. The Bertz CT molecular complexity index is 535. The van der Waals surface area contributed by atoms with Crippen LogP contribution >= 0.6 is 0 Å². The molecule has 5 nitrogen and oxygen atoms in total. The van der Waals surface area contributed by atoms with Gasteiger partial charge in [-0.15, -0.1) is 9.81 Å². The van der Waals surface area contributed by atoms with E-state index in [0.717, 1.165) is 0 Å². The molecule has 0 N–H and O–H groups in total. The van der Waals surface area contributed by atoms with Gasteiger partial charge in [0.05, 0.1) is 0 Å². The first kappa shape index (κ1) is 11.8. The Morgan fingerprint density at radius 3 is 1.28 bits per heavy atom. The van der Waals surface area contributed by atoms with Gasteiger partial charge < -0.3 is 0 Å². The highest BCUT2D eigenvalue weighted by atomic mass is 16.3. The normalized spacial score (nSPS) is 9.78. The van der Waals surface area contributed by atoms with Gasteiger partial charge in [-0.2, -0.15) is 0 Å². The molecule has 0 aliphatic carbocycles. The van der Waals surface area contributed by atoms with E-state index in [2.05, 4.69) is 10.4 Å². The van der Waals surface area contributed by atoms with Crippen LogP contribution in [0.3, 0.4) is 0 Å². The van der Waals surface area contributed by atoms with Gasteiger partial charge in [-0.3, -0.25) is 4.79 Å². The van der Waals surface area contributed by atoms with Gasteiger partial charge in [0, 0.05) is 11.1 Å². The van der Waals surface area contributed by atoms with Gasteiger partial charge in [0.2, 0.25) is 0 Å². The van der Waals surface area contributed by atoms with Crippen LogP contribution in [0.15, 0.2) is 58.9 Å². The van der Waals surface area contributed by atoms with Crippen LogP contribution in [-0.2, 0) is 0 Å². The first-order valence-electron chi connectivity index (χ1n) is 5.16. The molecule has 0 radical (unpaired) electrons. The number of nitroso groups, excluding NO2 is 2. The van der Waals surface area contributed by atoms with Crippen molar-refractivity contribution in [3.05, 3.63) is 69.5 Å². The molecule has 2 aromatic carbocycles. The van der Waals surface area contributed by atoms with Crippen molar-refractivity contribution < 1.29 is 4.79 Å². The highest BCUT2D eigenvalue weighted by Gasteiger charge is 2.08. The summed E-state index contributed by atoms with van der Waals surface area (Å²) in [5.74, 6) is -0.190. The molecular formula is C13H8N2O3. The van der Waals surface area contributed by atoms with Crippen LogP contribution in [0.1, 0.15) is 15.9 Å². The molecule has 5 heteroatoms. The molecule has 18 heavy (non-hydrogen) atoms. The number of benzene rings is 2. The second kappa shape index (κ2) is 5.09. The van der Waals surface area contributed by atoms with Crippen LogP contribution in [0.2, 0.25) is 0 Å². The van der Waals surface area contributed by atoms with Crippen molar-refractivity contribution in [2.24, 2.45) is 10.4 Å². The minimum Gasteiger partial charge on any atom is -0.289 e. The highest BCUT2D eigenvalue weighted by Crippen LogP contribution is 2.18. The second-order valence-electron chi connectivity index (χ2n) is 3.61. The van der Waals surface area contributed by atoms with E-state index < -0.39 is 0 Å². The summed E-state index contributed by atoms with van der Waals surface area (Å²) in [5.41, 5.74) is 1.45. The number of ketones is 1. The molecule has 0 spiro atoms. The van der Waals surface area contributed by atoms with Crippen molar-refractivity contribution in [1.29, 1.82) is 0 Å². The van der Waals surface area contributed by atoms with E-state index in [-0.39, 0.29) is 17.2 Å². The van der Waals surface area contributed by atoms with Crippen LogP contribution < -0.4 is 0 Å². The molecule has 0 saturated heterocycles. The Kier molecular flexibility index (Phi) is 3.33. The number of hydrogen-bond acceptors (Lipinski definition) is 5. The van der Waals surface area contributed by atoms with Crippen LogP contribution in [-0.4, -0.2) is 5.78 Å². The minimum absolute atomic E-state index is 0.190. The first-order valence-corrected chi connectivity index (χ1v) is 5.16. The molecule has 0 amide bonds. The van der Waals surface area contributed by atoms with Crippen LogP contribution in [0.25, 0.3) is 0 Å². The number of carbonyl (C=O) groups is 1. The zero-order chi connectivity index (χ0) is 13.0. The lowest BCUT2D eigenvalue weighted by molar-refractivity contribution is 0.103. The fourth-order valence-electron chi connectivity index (χ4n) is 1.51. The maximum absolute atomic E-state index is 12.0. The molecule has 0 saturated carbocycles. The summed E-state index contributed by atoms with van der Waals surface area (Å²) in [7, 11) is 0. The van der Waals surface area contributed by atoms with Crippen molar-refractivity contribution in [2.75, 3.05) is 0 Å². The summed E-state index contributed by atoms with van der Waals surface area (Å²) in [6.07, 6.45) is 0. The molecule has 88 valence electrons. The van der Waals surface area contributed by atoms with E-state index >= 15 is 0 Å². The van der Waals surface area contributed by atoms with Gasteiger partial charge >= 0.3 is 0 Å². The van der Waals surface area contributed by atoms with Crippen LogP contribution in [0.4, 0.5) is 11.4 Å². The molecule has 0 fully saturated rings. The van der Waals surface area contributed by atoms with Crippen molar-refractivity contribution in [2.45, 2.75) is 0 Å². The lowest BCUT2D eigenvalue weighted by atomic mass is 10.0. The van der Waals surface area contributed by atoms with Crippen molar-refractivity contribution in [3.63, 3.8) is 0 Å². The Morgan fingerprint density at radius 2 is 1.00 bits per heavy atom. The minimum atomic E-state index is -0.190. The Morgan fingerprint density at radius 1 is 0.667 bits per heavy atom. The van der Waals surface area contributed by atoms with E-state index in [1.165, 1.54) is 48.5 Å². The van der Waals surface area contributed by atoms with Gasteiger partial charge in [0.25, 0.3) is 0 Å². The van der Waals surface area contributed by atoms with Crippen molar-refractivity contribution in [3.8, 4) is 0 Å². The zero-order valence-electron chi connectivity index (χ0n) is 9.24. The summed E-state index contributed by atoms with van der Waals surface area (Å²) in [4.78, 5) is 32.5. The van der Waals surface area contributed by atoms with E-state index in [9.17, 15) is 14.6 Å². The van der Waals surface area contributed by atoms with E-state index in [1.807, 2.05) is 0 Å². The molecule has 0 aliphatic heterocycles. The number of hydrogen-bond donors (Lipinski definition) is 0. The molecule has 0 bridgehead atoms. The Hall–Kier alpha value is -2.69. The maximum Gasteiger partial charge on any atom is 0.193 e. The largest absolute Gasteiger partial charge is 0.289 e. The molecule has 2 aromatic rings. The van der Waals surface area contributed by atoms with Crippen LogP contribution in [0, 0.1) is 9.81 Å². The fourth-order valence-corrected chi connectivity index (χ4v) is 1.51. The van der Waals surface area contributed by atoms with Gasteiger partial charge in [0.1, 0.15) is 11.4 Å². The summed E-state index contributed by atoms with van der Waals surface area (Å²) in [6.45, 7) is 0. The van der Waals surface area contributed by atoms with Crippen LogP contribution in [0.5, 0.6) is 0 Å². The lowest BCUT2D eigenvalue weighted by Gasteiger charge is -2.01. The van der Waals surface area contributed by atoms with Crippen molar-refractivity contribution in [1.82, 2.24) is 0 Å². The quantitative estimate of drug-likeness (QED) is 0.603. The molecule has 0 unspecified atom stereocenters. The number of nitrogens with zero attached hydrogens (tertiary/aromatic N) is 2. The first-order chi connectivity index (χ1) is 8.74. The summed E-state index contributed by atoms with van der Waals surface area (Å²) < 4.78 is 0. The Balaban J connectivity index is 2.28. The number of rotatable bonds is 4. The van der Waals surface area contributed by atoms with Gasteiger partial charge in [-0.05, 0) is 58.9 Å². The zero-order valence-corrected chi connectivity index (χ0v) is 9.24. The SMILES string of the molecule is O=Nc1ccc(C(=O)c2ccc(N=O)cc2)cc1. The average molecular weight is 240 g/mol. The molecular weight excluding hydrogens is 232 g/mol. The smallest absolute Gasteiger partial charge is 0.193 e. The molecule has 0 heterocycles. The highest BCUT2D eigenvalue weighted by molar-refractivity contribution is 6.09. The fraction of sp³-hybridized carbons (Fsp3) is 0. The Labute approximate surface area is 102 Å².